The molecule has 0 radical (unpaired) electrons. The first-order chi connectivity index (χ1) is 7.99. The Labute approximate surface area is 103 Å². The molecule has 2 N–H and O–H groups in total. The van der Waals surface area contributed by atoms with E-state index in [4.69, 9.17) is 0 Å². The smallest absolute Gasteiger partial charge is 0.227 e. The van der Waals surface area contributed by atoms with Crippen molar-refractivity contribution in [3.63, 3.8) is 0 Å². The molecule has 0 spiro atoms. The molecule has 4 nitrogen and oxygen atoms in total. The van der Waals surface area contributed by atoms with Crippen LogP contribution in [0.15, 0.2) is 0 Å². The minimum Gasteiger partial charge on any atom is -0.390 e. The van der Waals surface area contributed by atoms with Crippen LogP contribution >= 0.6 is 0 Å². The highest BCUT2D eigenvalue weighted by atomic mass is 16.3. The zero-order valence-electron chi connectivity index (χ0n) is 10.9. The zero-order chi connectivity index (χ0) is 12.5. The first-order valence-corrected chi connectivity index (χ1v) is 6.74. The number of hydrogen-bond acceptors (Lipinski definition) is 3. The van der Waals surface area contributed by atoms with Gasteiger partial charge in [0.25, 0.3) is 0 Å². The number of nitrogens with one attached hydrogen (secondary N) is 1. The second-order valence-corrected chi connectivity index (χ2v) is 5.81. The van der Waals surface area contributed by atoms with Crippen molar-refractivity contribution in [3.05, 3.63) is 0 Å². The Balaban J connectivity index is 1.95. The van der Waals surface area contributed by atoms with E-state index in [1.807, 2.05) is 11.8 Å². The van der Waals surface area contributed by atoms with Crippen LogP contribution in [-0.2, 0) is 4.79 Å². The number of aliphatic hydroxyl groups is 1. The van der Waals surface area contributed by atoms with Crippen molar-refractivity contribution in [3.8, 4) is 0 Å². The van der Waals surface area contributed by atoms with Crippen LogP contribution in [0.5, 0.6) is 0 Å². The van der Waals surface area contributed by atoms with Crippen molar-refractivity contribution in [2.45, 2.75) is 51.2 Å². The Kier molecular flexibility index (Phi) is 3.73. The Hall–Kier alpha value is -0.610. The van der Waals surface area contributed by atoms with Crippen molar-refractivity contribution in [2.24, 2.45) is 5.92 Å². The maximum atomic E-state index is 12.4. The lowest BCUT2D eigenvalue weighted by Gasteiger charge is -2.26. The van der Waals surface area contributed by atoms with Gasteiger partial charge in [-0.05, 0) is 46.1 Å². The van der Waals surface area contributed by atoms with E-state index in [2.05, 4.69) is 12.2 Å². The van der Waals surface area contributed by atoms with Crippen LogP contribution < -0.4 is 5.32 Å². The summed E-state index contributed by atoms with van der Waals surface area (Å²) in [5, 5.41) is 13.3. The molecule has 98 valence electrons. The molecule has 2 heterocycles. The van der Waals surface area contributed by atoms with Gasteiger partial charge in [0.05, 0.1) is 11.5 Å². The molecule has 2 aliphatic rings. The molecule has 4 heteroatoms. The normalized spacial score (nSPS) is 39.1. The van der Waals surface area contributed by atoms with Crippen molar-refractivity contribution in [1.82, 2.24) is 10.2 Å². The number of nitrogens with zero attached hydrogens (tertiary/aromatic N) is 1. The molecule has 0 aromatic carbocycles. The number of likely N-dealkylation sites (tertiary alicyclic amines) is 1. The van der Waals surface area contributed by atoms with E-state index >= 15 is 0 Å². The summed E-state index contributed by atoms with van der Waals surface area (Å²) in [6, 6.07) is 0.297. The van der Waals surface area contributed by atoms with Crippen LogP contribution in [0.2, 0.25) is 0 Å². The highest BCUT2D eigenvalue weighted by Crippen LogP contribution is 2.24. The van der Waals surface area contributed by atoms with E-state index in [0.29, 0.717) is 19.0 Å². The SMILES string of the molecule is CC1NCCC1C(=O)N1CCCC(C)(O)CC1. The summed E-state index contributed by atoms with van der Waals surface area (Å²) in [5.74, 6) is 0.415. The number of amides is 1. The van der Waals surface area contributed by atoms with E-state index < -0.39 is 5.60 Å². The number of carbonyl (C=O) groups is 1. The maximum Gasteiger partial charge on any atom is 0.227 e. The molecule has 3 unspecified atom stereocenters. The molecular formula is C13H24N2O2. The quantitative estimate of drug-likeness (QED) is 0.711. The third kappa shape index (κ3) is 2.99. The molecule has 0 aromatic rings. The summed E-state index contributed by atoms with van der Waals surface area (Å²) in [4.78, 5) is 14.3. The Morgan fingerprint density at radius 1 is 1.41 bits per heavy atom. The van der Waals surface area contributed by atoms with Gasteiger partial charge < -0.3 is 15.3 Å². The van der Waals surface area contributed by atoms with Gasteiger partial charge in [-0.25, -0.2) is 0 Å². The van der Waals surface area contributed by atoms with Gasteiger partial charge in [0.15, 0.2) is 0 Å². The van der Waals surface area contributed by atoms with Crippen LogP contribution in [0.4, 0.5) is 0 Å². The fourth-order valence-corrected chi connectivity index (χ4v) is 2.91. The minimum absolute atomic E-state index is 0.137. The fraction of sp³-hybridized carbons (Fsp3) is 0.923. The maximum absolute atomic E-state index is 12.4. The average Bonchev–Trinajstić information content (AvgIpc) is 2.59. The van der Waals surface area contributed by atoms with Gasteiger partial charge in [0.1, 0.15) is 0 Å². The molecule has 3 atom stereocenters. The molecule has 0 aromatic heterocycles. The topological polar surface area (TPSA) is 52.6 Å². The highest BCUT2D eigenvalue weighted by molar-refractivity contribution is 5.80. The summed E-state index contributed by atoms with van der Waals surface area (Å²) in [7, 11) is 0. The van der Waals surface area contributed by atoms with E-state index in [1.165, 1.54) is 0 Å². The summed E-state index contributed by atoms with van der Waals surface area (Å²) >= 11 is 0. The molecule has 2 saturated heterocycles. The first kappa shape index (κ1) is 12.8. The van der Waals surface area contributed by atoms with Crippen LogP contribution in [0, 0.1) is 5.92 Å². The standard InChI is InChI=1S/C13H24N2O2/c1-10-11(4-7-14-10)12(16)15-8-3-5-13(2,17)6-9-15/h10-11,14,17H,3-9H2,1-2H3. The molecular weight excluding hydrogens is 216 g/mol. The second-order valence-electron chi connectivity index (χ2n) is 5.81. The summed E-state index contributed by atoms with van der Waals surface area (Å²) in [6.07, 6.45) is 3.36. The molecule has 2 rings (SSSR count). The lowest BCUT2D eigenvalue weighted by atomic mass is 9.98. The Morgan fingerprint density at radius 2 is 2.18 bits per heavy atom. The first-order valence-electron chi connectivity index (χ1n) is 6.74. The van der Waals surface area contributed by atoms with Gasteiger partial charge in [-0.1, -0.05) is 0 Å². The molecule has 2 aliphatic heterocycles. The van der Waals surface area contributed by atoms with E-state index in [0.717, 1.165) is 32.4 Å². The van der Waals surface area contributed by atoms with Gasteiger partial charge in [0.2, 0.25) is 5.91 Å². The fourth-order valence-electron chi connectivity index (χ4n) is 2.91. The lowest BCUT2D eigenvalue weighted by molar-refractivity contribution is -0.135. The lowest BCUT2D eigenvalue weighted by Crippen LogP contribution is -2.41. The van der Waals surface area contributed by atoms with Crippen molar-refractivity contribution >= 4 is 5.91 Å². The van der Waals surface area contributed by atoms with Crippen LogP contribution in [0.3, 0.4) is 0 Å². The van der Waals surface area contributed by atoms with Gasteiger partial charge >= 0.3 is 0 Å². The third-order valence-corrected chi connectivity index (χ3v) is 4.22. The Morgan fingerprint density at radius 3 is 2.82 bits per heavy atom. The zero-order valence-corrected chi connectivity index (χ0v) is 10.9. The summed E-state index contributed by atoms with van der Waals surface area (Å²) < 4.78 is 0. The van der Waals surface area contributed by atoms with Crippen LogP contribution in [0.25, 0.3) is 0 Å². The van der Waals surface area contributed by atoms with Gasteiger partial charge in [-0.15, -0.1) is 0 Å². The van der Waals surface area contributed by atoms with Crippen LogP contribution in [0.1, 0.15) is 39.5 Å². The van der Waals surface area contributed by atoms with Gasteiger partial charge in [0, 0.05) is 19.1 Å². The summed E-state index contributed by atoms with van der Waals surface area (Å²) in [6.45, 7) is 6.42. The second kappa shape index (κ2) is 4.94. The van der Waals surface area contributed by atoms with E-state index in [-0.39, 0.29) is 11.8 Å². The van der Waals surface area contributed by atoms with Crippen molar-refractivity contribution in [2.75, 3.05) is 19.6 Å². The Bertz CT molecular complexity index is 291. The number of carbonyl (C=O) groups excluding carboxylic acids is 1. The summed E-state index contributed by atoms with van der Waals surface area (Å²) in [5.41, 5.74) is -0.589. The number of hydrogen-bond donors (Lipinski definition) is 2. The minimum atomic E-state index is -0.589. The molecule has 17 heavy (non-hydrogen) atoms. The molecule has 0 aliphatic carbocycles. The van der Waals surface area contributed by atoms with Crippen molar-refractivity contribution < 1.29 is 9.90 Å². The van der Waals surface area contributed by atoms with Gasteiger partial charge in [-0.3, -0.25) is 4.79 Å². The third-order valence-electron chi connectivity index (χ3n) is 4.22. The molecule has 0 bridgehead atoms. The average molecular weight is 240 g/mol. The monoisotopic (exact) mass is 240 g/mol. The molecule has 1 amide bonds. The molecule has 2 fully saturated rings. The van der Waals surface area contributed by atoms with Crippen LogP contribution in [-0.4, -0.2) is 47.2 Å². The predicted molar refractivity (Wildman–Crippen MR) is 66.6 cm³/mol. The number of rotatable bonds is 1. The van der Waals surface area contributed by atoms with E-state index in [1.54, 1.807) is 0 Å². The molecule has 0 saturated carbocycles. The van der Waals surface area contributed by atoms with Crippen molar-refractivity contribution in [1.29, 1.82) is 0 Å². The van der Waals surface area contributed by atoms with Gasteiger partial charge in [-0.2, -0.15) is 0 Å². The largest absolute Gasteiger partial charge is 0.390 e. The predicted octanol–water partition coefficient (Wildman–Crippen LogP) is 0.748. The van der Waals surface area contributed by atoms with E-state index in [9.17, 15) is 9.90 Å². The highest BCUT2D eigenvalue weighted by Gasteiger charge is 2.34.